The smallest absolute Gasteiger partial charge is 0.422 e. The summed E-state index contributed by atoms with van der Waals surface area (Å²) in [6.45, 7) is 3.93. The molecule has 1 fully saturated rings. The van der Waals surface area contributed by atoms with Gasteiger partial charge >= 0.3 is 6.18 Å². The van der Waals surface area contributed by atoms with Crippen LogP contribution in [0.1, 0.15) is 30.1 Å². The quantitative estimate of drug-likeness (QED) is 0.861. The van der Waals surface area contributed by atoms with Crippen molar-refractivity contribution in [2.45, 2.75) is 25.9 Å². The molecule has 0 aromatic carbocycles. The lowest BCUT2D eigenvalue weighted by atomic mass is 9.96. The fourth-order valence-corrected chi connectivity index (χ4v) is 2.62. The van der Waals surface area contributed by atoms with E-state index in [1.165, 1.54) is 18.3 Å². The fourth-order valence-electron chi connectivity index (χ4n) is 2.62. The molecule has 0 saturated carbocycles. The van der Waals surface area contributed by atoms with E-state index < -0.39 is 12.8 Å². The maximum atomic E-state index is 12.4. The van der Waals surface area contributed by atoms with Gasteiger partial charge in [0.05, 0.1) is 5.56 Å². The number of carbonyl (C=O) groups excluding carboxylic acids is 1. The highest BCUT2D eigenvalue weighted by Crippen LogP contribution is 2.20. The maximum absolute atomic E-state index is 12.4. The van der Waals surface area contributed by atoms with Gasteiger partial charge in [-0.05, 0) is 37.9 Å². The number of likely N-dealkylation sites (tertiary alicyclic amines) is 1. The van der Waals surface area contributed by atoms with E-state index in [-0.39, 0.29) is 11.8 Å². The van der Waals surface area contributed by atoms with E-state index >= 15 is 0 Å². The van der Waals surface area contributed by atoms with Crippen LogP contribution < -0.4 is 10.1 Å². The minimum absolute atomic E-state index is 0.145. The van der Waals surface area contributed by atoms with Gasteiger partial charge in [0.2, 0.25) is 5.88 Å². The topological polar surface area (TPSA) is 54.5 Å². The van der Waals surface area contributed by atoms with E-state index in [1.54, 1.807) is 4.90 Å². The average molecular weight is 345 g/mol. The number of hydrogen-bond donors (Lipinski definition) is 1. The van der Waals surface area contributed by atoms with Gasteiger partial charge in [-0.2, -0.15) is 13.2 Å². The minimum Gasteiger partial charge on any atom is -0.468 e. The lowest BCUT2D eigenvalue weighted by Crippen LogP contribution is -2.40. The summed E-state index contributed by atoms with van der Waals surface area (Å²) in [6.07, 6.45) is -1.26. The van der Waals surface area contributed by atoms with Crippen LogP contribution in [0.5, 0.6) is 5.88 Å². The molecular weight excluding hydrogens is 323 g/mol. The first-order valence-electron chi connectivity index (χ1n) is 8.04. The summed E-state index contributed by atoms with van der Waals surface area (Å²) in [5.74, 6) is 0.283. The molecule has 5 nitrogen and oxygen atoms in total. The number of nitrogens with one attached hydrogen (secondary N) is 1. The first kappa shape index (κ1) is 18.5. The average Bonchev–Trinajstić information content (AvgIpc) is 2.58. The first-order chi connectivity index (χ1) is 11.4. The van der Waals surface area contributed by atoms with Crippen LogP contribution in [0.4, 0.5) is 13.2 Å². The second kappa shape index (κ2) is 8.32. The van der Waals surface area contributed by atoms with Crippen molar-refractivity contribution >= 4 is 5.91 Å². The molecule has 0 spiro atoms. The molecule has 2 rings (SSSR count). The molecule has 1 aromatic heterocycles. The van der Waals surface area contributed by atoms with Gasteiger partial charge in [-0.15, -0.1) is 0 Å². The van der Waals surface area contributed by atoms with Gasteiger partial charge in [-0.1, -0.05) is 6.92 Å². The molecule has 0 aliphatic carbocycles. The Morgan fingerprint density at radius 2 is 2.08 bits per heavy atom. The van der Waals surface area contributed by atoms with Gasteiger partial charge in [-0.3, -0.25) is 4.79 Å². The van der Waals surface area contributed by atoms with Gasteiger partial charge in [0, 0.05) is 25.4 Å². The van der Waals surface area contributed by atoms with Crippen molar-refractivity contribution in [2.75, 3.05) is 32.8 Å². The molecule has 1 aliphatic heterocycles. The molecule has 1 aliphatic rings. The Balaban J connectivity index is 1.84. The van der Waals surface area contributed by atoms with Crippen molar-refractivity contribution in [1.82, 2.24) is 15.2 Å². The monoisotopic (exact) mass is 345 g/mol. The van der Waals surface area contributed by atoms with E-state index in [0.717, 1.165) is 25.9 Å². The first-order valence-corrected chi connectivity index (χ1v) is 8.04. The van der Waals surface area contributed by atoms with Crippen LogP contribution in [-0.2, 0) is 0 Å². The van der Waals surface area contributed by atoms with E-state index in [1.807, 2.05) is 0 Å². The molecule has 24 heavy (non-hydrogen) atoms. The molecule has 0 unspecified atom stereocenters. The molecule has 1 N–H and O–H groups in total. The molecule has 2 heterocycles. The Labute approximate surface area is 139 Å². The molecule has 1 aromatic rings. The number of aromatic nitrogens is 1. The second-order valence-corrected chi connectivity index (χ2v) is 5.83. The predicted molar refractivity (Wildman–Crippen MR) is 83.0 cm³/mol. The summed E-state index contributed by atoms with van der Waals surface area (Å²) in [6, 6.07) is 2.74. The third-order valence-electron chi connectivity index (χ3n) is 3.95. The van der Waals surface area contributed by atoms with Gasteiger partial charge in [0.1, 0.15) is 0 Å². The molecule has 1 saturated heterocycles. The van der Waals surface area contributed by atoms with Crippen LogP contribution in [0.3, 0.4) is 0 Å². The molecular formula is C16H22F3N3O2. The zero-order valence-corrected chi connectivity index (χ0v) is 13.6. The van der Waals surface area contributed by atoms with E-state index in [4.69, 9.17) is 0 Å². The van der Waals surface area contributed by atoms with Crippen molar-refractivity contribution in [3.8, 4) is 5.88 Å². The fraction of sp³-hybridized carbons (Fsp3) is 0.625. The number of carbonyl (C=O) groups is 1. The Morgan fingerprint density at radius 3 is 2.62 bits per heavy atom. The van der Waals surface area contributed by atoms with Gasteiger partial charge in [-0.25, -0.2) is 4.98 Å². The zero-order chi connectivity index (χ0) is 17.6. The normalized spacial score (nSPS) is 16.2. The number of hydrogen-bond acceptors (Lipinski definition) is 4. The summed E-state index contributed by atoms with van der Waals surface area (Å²) >= 11 is 0. The highest BCUT2D eigenvalue weighted by Gasteiger charge is 2.29. The zero-order valence-electron chi connectivity index (χ0n) is 13.6. The number of nitrogens with zero attached hydrogens (tertiary/aromatic N) is 2. The molecule has 0 radical (unpaired) electrons. The Kier molecular flexibility index (Phi) is 6.42. The van der Waals surface area contributed by atoms with Crippen molar-refractivity contribution in [3.05, 3.63) is 23.9 Å². The maximum Gasteiger partial charge on any atom is 0.422 e. The van der Waals surface area contributed by atoms with E-state index in [0.29, 0.717) is 24.6 Å². The van der Waals surface area contributed by atoms with Gasteiger partial charge in [0.15, 0.2) is 6.61 Å². The summed E-state index contributed by atoms with van der Waals surface area (Å²) < 4.78 is 40.8. The van der Waals surface area contributed by atoms with Crippen LogP contribution in [0.15, 0.2) is 18.3 Å². The van der Waals surface area contributed by atoms with Crippen LogP contribution in [0, 0.1) is 5.92 Å². The molecule has 0 bridgehead atoms. The van der Waals surface area contributed by atoms with Gasteiger partial charge < -0.3 is 15.0 Å². The number of amides is 1. The molecule has 134 valence electrons. The number of pyridine rings is 1. The predicted octanol–water partition coefficient (Wildman–Crippen LogP) is 2.48. The number of alkyl halides is 3. The number of ether oxygens (including phenoxy) is 1. The SMILES string of the molecule is CCNCC1CCN(C(=O)c2ccc(OCC(F)(F)F)nc2)CC1. The lowest BCUT2D eigenvalue weighted by molar-refractivity contribution is -0.154. The van der Waals surface area contributed by atoms with Crippen molar-refractivity contribution in [3.63, 3.8) is 0 Å². The molecule has 1 amide bonds. The van der Waals surface area contributed by atoms with Crippen LogP contribution in [0.2, 0.25) is 0 Å². The molecule has 0 atom stereocenters. The summed E-state index contributed by atoms with van der Waals surface area (Å²) in [5.41, 5.74) is 0.361. The third kappa shape index (κ3) is 5.67. The van der Waals surface area contributed by atoms with Crippen LogP contribution in [0.25, 0.3) is 0 Å². The highest BCUT2D eigenvalue weighted by molar-refractivity contribution is 5.94. The van der Waals surface area contributed by atoms with Crippen molar-refractivity contribution in [1.29, 1.82) is 0 Å². The van der Waals surface area contributed by atoms with E-state index in [9.17, 15) is 18.0 Å². The van der Waals surface area contributed by atoms with Gasteiger partial charge in [0.25, 0.3) is 5.91 Å². The van der Waals surface area contributed by atoms with Crippen molar-refractivity contribution in [2.24, 2.45) is 5.92 Å². The Bertz CT molecular complexity index is 526. The summed E-state index contributed by atoms with van der Waals surface area (Å²) in [5, 5.41) is 3.32. The van der Waals surface area contributed by atoms with Crippen molar-refractivity contribution < 1.29 is 22.7 Å². The molecule has 8 heteroatoms. The largest absolute Gasteiger partial charge is 0.468 e. The summed E-state index contributed by atoms with van der Waals surface area (Å²) in [4.78, 5) is 17.9. The second-order valence-electron chi connectivity index (χ2n) is 5.83. The van der Waals surface area contributed by atoms with E-state index in [2.05, 4.69) is 22.0 Å². The van der Waals surface area contributed by atoms with Crippen LogP contribution >= 0.6 is 0 Å². The number of rotatable bonds is 6. The third-order valence-corrected chi connectivity index (χ3v) is 3.95. The van der Waals surface area contributed by atoms with Crippen LogP contribution in [-0.4, -0.2) is 54.8 Å². The highest BCUT2D eigenvalue weighted by atomic mass is 19.4. The summed E-state index contributed by atoms with van der Waals surface area (Å²) in [7, 11) is 0. The number of halogens is 3. The number of piperidine rings is 1. The standard InChI is InChI=1S/C16H22F3N3O2/c1-2-20-9-12-5-7-22(8-6-12)15(23)13-3-4-14(21-10-13)24-11-16(17,18)19/h3-4,10,12,20H,2,5-9,11H2,1H3. The Morgan fingerprint density at radius 1 is 1.38 bits per heavy atom. The lowest BCUT2D eigenvalue weighted by Gasteiger charge is -2.32. The minimum atomic E-state index is -4.41. The Hall–Kier alpha value is -1.83.